The first-order valence-electron chi connectivity index (χ1n) is 5.56. The summed E-state index contributed by atoms with van der Waals surface area (Å²) < 4.78 is 0. The van der Waals surface area contributed by atoms with Gasteiger partial charge in [0.1, 0.15) is 0 Å². The molecule has 0 unspecified atom stereocenters. The van der Waals surface area contributed by atoms with E-state index in [0.717, 1.165) is 18.8 Å². The molecule has 2 fully saturated rings. The van der Waals surface area contributed by atoms with Crippen molar-refractivity contribution in [1.29, 1.82) is 0 Å². The van der Waals surface area contributed by atoms with Crippen LogP contribution < -0.4 is 5.73 Å². The Morgan fingerprint density at radius 2 is 2.08 bits per heavy atom. The van der Waals surface area contributed by atoms with E-state index >= 15 is 0 Å². The van der Waals surface area contributed by atoms with Gasteiger partial charge in [-0.15, -0.1) is 0 Å². The zero-order valence-corrected chi connectivity index (χ0v) is 8.50. The zero-order valence-electron chi connectivity index (χ0n) is 8.50. The van der Waals surface area contributed by atoms with Crippen LogP contribution >= 0.6 is 0 Å². The summed E-state index contributed by atoms with van der Waals surface area (Å²) >= 11 is 0. The molecule has 0 amide bonds. The molecular formula is C11H21NO. The monoisotopic (exact) mass is 183 g/mol. The van der Waals surface area contributed by atoms with Crippen LogP contribution in [0.15, 0.2) is 0 Å². The van der Waals surface area contributed by atoms with Crippen molar-refractivity contribution in [1.82, 2.24) is 0 Å². The lowest BCUT2D eigenvalue weighted by molar-refractivity contribution is -0.103. The van der Waals surface area contributed by atoms with Gasteiger partial charge >= 0.3 is 0 Å². The Morgan fingerprint density at radius 3 is 2.38 bits per heavy atom. The third-order valence-electron chi connectivity index (χ3n) is 4.14. The first-order valence-corrected chi connectivity index (χ1v) is 5.56. The van der Waals surface area contributed by atoms with Crippen molar-refractivity contribution in [2.45, 2.75) is 45.1 Å². The maximum Gasteiger partial charge on any atom is 0.0636 e. The van der Waals surface area contributed by atoms with Gasteiger partial charge in [0.2, 0.25) is 0 Å². The van der Waals surface area contributed by atoms with E-state index in [2.05, 4.69) is 6.92 Å². The molecule has 0 aromatic heterocycles. The van der Waals surface area contributed by atoms with Crippen LogP contribution in [0.2, 0.25) is 0 Å². The highest BCUT2D eigenvalue weighted by Gasteiger charge is 2.49. The van der Waals surface area contributed by atoms with Crippen molar-refractivity contribution in [3.8, 4) is 0 Å². The second kappa shape index (κ2) is 3.25. The quantitative estimate of drug-likeness (QED) is 0.697. The fourth-order valence-corrected chi connectivity index (χ4v) is 3.11. The maximum atomic E-state index is 10.2. The summed E-state index contributed by atoms with van der Waals surface area (Å²) in [7, 11) is 0. The molecule has 3 N–H and O–H groups in total. The van der Waals surface area contributed by atoms with Crippen LogP contribution in [0.3, 0.4) is 0 Å². The molecule has 0 aromatic carbocycles. The van der Waals surface area contributed by atoms with Gasteiger partial charge in [-0.05, 0) is 37.5 Å². The van der Waals surface area contributed by atoms with Crippen molar-refractivity contribution in [2.24, 2.45) is 23.0 Å². The number of aliphatic hydroxyl groups is 1. The highest BCUT2D eigenvalue weighted by molar-refractivity contribution is 5.01. The highest BCUT2D eigenvalue weighted by Crippen LogP contribution is 2.51. The second-order valence-electron chi connectivity index (χ2n) is 5.22. The molecule has 2 aliphatic carbocycles. The summed E-state index contributed by atoms with van der Waals surface area (Å²) in [4.78, 5) is 0. The van der Waals surface area contributed by atoms with Crippen molar-refractivity contribution >= 4 is 0 Å². The SMILES string of the molecule is CC1CC(CN)([C@@H](O)C2CCC2)C1. The van der Waals surface area contributed by atoms with Crippen LogP contribution in [0.4, 0.5) is 0 Å². The van der Waals surface area contributed by atoms with Crippen LogP contribution in [0, 0.1) is 17.3 Å². The van der Waals surface area contributed by atoms with Gasteiger partial charge in [0.05, 0.1) is 6.10 Å². The van der Waals surface area contributed by atoms with Gasteiger partial charge < -0.3 is 10.8 Å². The second-order valence-corrected chi connectivity index (χ2v) is 5.22. The largest absolute Gasteiger partial charge is 0.392 e. The molecule has 13 heavy (non-hydrogen) atoms. The predicted octanol–water partition coefficient (Wildman–Crippen LogP) is 1.52. The summed E-state index contributed by atoms with van der Waals surface area (Å²) in [6, 6.07) is 0. The van der Waals surface area contributed by atoms with Crippen molar-refractivity contribution in [2.75, 3.05) is 6.54 Å². The third-order valence-corrected chi connectivity index (χ3v) is 4.14. The van der Waals surface area contributed by atoms with E-state index in [-0.39, 0.29) is 11.5 Å². The van der Waals surface area contributed by atoms with Gasteiger partial charge in [-0.25, -0.2) is 0 Å². The van der Waals surface area contributed by atoms with E-state index in [1.807, 2.05) is 0 Å². The number of nitrogens with two attached hydrogens (primary N) is 1. The van der Waals surface area contributed by atoms with Crippen LogP contribution in [-0.4, -0.2) is 17.8 Å². The Balaban J connectivity index is 1.95. The fraction of sp³-hybridized carbons (Fsp3) is 1.00. The molecule has 1 atom stereocenters. The smallest absolute Gasteiger partial charge is 0.0636 e. The van der Waals surface area contributed by atoms with E-state index in [4.69, 9.17) is 5.73 Å². The standard InChI is InChI=1S/C11H21NO/c1-8-5-11(6-8,7-12)10(13)9-3-2-4-9/h8-10,13H,2-7,12H2,1H3/t8?,10-,11?/m0/s1. The number of aliphatic hydroxyl groups excluding tert-OH is 1. The Bertz CT molecular complexity index is 183. The topological polar surface area (TPSA) is 46.2 Å². The lowest BCUT2D eigenvalue weighted by atomic mass is 9.55. The number of rotatable bonds is 3. The molecule has 0 radical (unpaired) electrons. The molecule has 2 nitrogen and oxygen atoms in total. The van der Waals surface area contributed by atoms with Gasteiger partial charge in [0.25, 0.3) is 0 Å². The maximum absolute atomic E-state index is 10.2. The Morgan fingerprint density at radius 1 is 1.46 bits per heavy atom. The number of hydrogen-bond donors (Lipinski definition) is 2. The minimum absolute atomic E-state index is 0.102. The first-order chi connectivity index (χ1) is 6.18. The third kappa shape index (κ3) is 1.40. The molecular weight excluding hydrogens is 162 g/mol. The minimum Gasteiger partial charge on any atom is -0.392 e. The molecule has 2 rings (SSSR count). The molecule has 0 bridgehead atoms. The molecule has 0 heterocycles. The Hall–Kier alpha value is -0.0800. The molecule has 0 spiro atoms. The zero-order chi connectivity index (χ0) is 9.47. The number of hydrogen-bond acceptors (Lipinski definition) is 2. The van der Waals surface area contributed by atoms with Crippen LogP contribution in [-0.2, 0) is 0 Å². The van der Waals surface area contributed by atoms with Gasteiger partial charge in [0.15, 0.2) is 0 Å². The molecule has 0 saturated heterocycles. The van der Waals surface area contributed by atoms with Crippen LogP contribution in [0.5, 0.6) is 0 Å². The highest BCUT2D eigenvalue weighted by atomic mass is 16.3. The van der Waals surface area contributed by atoms with Crippen LogP contribution in [0.25, 0.3) is 0 Å². The minimum atomic E-state index is -0.109. The first kappa shape index (κ1) is 9.47. The predicted molar refractivity (Wildman–Crippen MR) is 53.2 cm³/mol. The van der Waals surface area contributed by atoms with E-state index in [1.54, 1.807) is 0 Å². The summed E-state index contributed by atoms with van der Waals surface area (Å²) in [5.74, 6) is 1.34. The normalized spacial score (nSPS) is 42.2. The Labute approximate surface area is 80.5 Å². The summed E-state index contributed by atoms with van der Waals surface area (Å²) in [5.41, 5.74) is 5.89. The van der Waals surface area contributed by atoms with Gasteiger partial charge in [0, 0.05) is 12.0 Å². The molecule has 0 aliphatic heterocycles. The van der Waals surface area contributed by atoms with Gasteiger partial charge in [-0.2, -0.15) is 0 Å². The van der Waals surface area contributed by atoms with Crippen molar-refractivity contribution < 1.29 is 5.11 Å². The average Bonchev–Trinajstić information content (AvgIpc) is 1.94. The molecule has 2 aliphatic rings. The lowest BCUT2D eigenvalue weighted by Crippen LogP contribution is -2.54. The molecule has 0 aromatic rings. The van der Waals surface area contributed by atoms with Crippen molar-refractivity contribution in [3.63, 3.8) is 0 Å². The molecule has 76 valence electrons. The average molecular weight is 183 g/mol. The van der Waals surface area contributed by atoms with Gasteiger partial charge in [-0.3, -0.25) is 0 Å². The van der Waals surface area contributed by atoms with Gasteiger partial charge in [-0.1, -0.05) is 13.3 Å². The summed E-state index contributed by atoms with van der Waals surface area (Å²) in [6.07, 6.45) is 5.91. The summed E-state index contributed by atoms with van der Waals surface area (Å²) in [6.45, 7) is 2.93. The van der Waals surface area contributed by atoms with E-state index in [9.17, 15) is 5.11 Å². The Kier molecular flexibility index (Phi) is 2.37. The molecule has 2 saturated carbocycles. The lowest BCUT2D eigenvalue weighted by Gasteiger charge is -2.52. The van der Waals surface area contributed by atoms with Crippen LogP contribution in [0.1, 0.15) is 39.0 Å². The van der Waals surface area contributed by atoms with E-state index in [1.165, 1.54) is 19.3 Å². The van der Waals surface area contributed by atoms with E-state index < -0.39 is 0 Å². The molecule has 2 heteroatoms. The van der Waals surface area contributed by atoms with Crippen molar-refractivity contribution in [3.05, 3.63) is 0 Å². The fourth-order valence-electron chi connectivity index (χ4n) is 3.11. The summed E-state index contributed by atoms with van der Waals surface area (Å²) in [5, 5.41) is 10.2. The van der Waals surface area contributed by atoms with E-state index in [0.29, 0.717) is 12.5 Å².